The lowest BCUT2D eigenvalue weighted by molar-refractivity contribution is -0.129. The zero-order valence-electron chi connectivity index (χ0n) is 12.5. The highest BCUT2D eigenvalue weighted by molar-refractivity contribution is 5.96. The van der Waals surface area contributed by atoms with Crippen LogP contribution in [-0.2, 0) is 4.79 Å². The van der Waals surface area contributed by atoms with Crippen molar-refractivity contribution >= 4 is 17.5 Å². The molecule has 1 unspecified atom stereocenters. The largest absolute Gasteiger partial charge is 0.399 e. The van der Waals surface area contributed by atoms with Crippen molar-refractivity contribution in [2.75, 3.05) is 39.5 Å². The first kappa shape index (κ1) is 15.3. The fourth-order valence-electron chi connectivity index (χ4n) is 2.39. The third-order valence-corrected chi connectivity index (χ3v) is 3.82. The van der Waals surface area contributed by atoms with Gasteiger partial charge in [-0.25, -0.2) is 0 Å². The molecule has 1 aliphatic heterocycles. The highest BCUT2D eigenvalue weighted by atomic mass is 16.2. The van der Waals surface area contributed by atoms with E-state index in [1.807, 2.05) is 14.1 Å². The van der Waals surface area contributed by atoms with Crippen molar-refractivity contribution in [1.82, 2.24) is 15.1 Å². The molecule has 6 nitrogen and oxygen atoms in total. The van der Waals surface area contributed by atoms with Crippen molar-refractivity contribution in [3.63, 3.8) is 0 Å². The Kier molecular flexibility index (Phi) is 4.80. The van der Waals surface area contributed by atoms with Gasteiger partial charge in [-0.15, -0.1) is 0 Å². The minimum Gasteiger partial charge on any atom is -0.399 e. The molecule has 2 rings (SSSR count). The first-order valence-electron chi connectivity index (χ1n) is 7.05. The van der Waals surface area contributed by atoms with Gasteiger partial charge < -0.3 is 20.9 Å². The van der Waals surface area contributed by atoms with Gasteiger partial charge in [0.1, 0.15) is 0 Å². The first-order chi connectivity index (χ1) is 9.97. The number of anilines is 1. The molecular weight excluding hydrogens is 268 g/mol. The van der Waals surface area contributed by atoms with Gasteiger partial charge in [-0.2, -0.15) is 0 Å². The van der Waals surface area contributed by atoms with Gasteiger partial charge in [0, 0.05) is 30.4 Å². The molecule has 1 heterocycles. The zero-order chi connectivity index (χ0) is 15.4. The lowest BCUT2D eigenvalue weighted by Gasteiger charge is -2.20. The highest BCUT2D eigenvalue weighted by Crippen LogP contribution is 2.13. The molecule has 21 heavy (non-hydrogen) atoms. The van der Waals surface area contributed by atoms with E-state index < -0.39 is 0 Å². The molecule has 0 bridgehead atoms. The number of rotatable bonds is 4. The maximum Gasteiger partial charge on any atom is 0.251 e. The maximum atomic E-state index is 12.1. The van der Waals surface area contributed by atoms with Crippen LogP contribution in [0.3, 0.4) is 0 Å². The molecule has 1 saturated heterocycles. The minimum atomic E-state index is -0.258. The van der Waals surface area contributed by atoms with Crippen LogP contribution in [0.5, 0.6) is 0 Å². The van der Waals surface area contributed by atoms with Crippen LogP contribution in [0.25, 0.3) is 0 Å². The van der Waals surface area contributed by atoms with E-state index in [0.717, 1.165) is 19.5 Å². The van der Waals surface area contributed by atoms with Crippen LogP contribution >= 0.6 is 0 Å². The van der Waals surface area contributed by atoms with E-state index in [4.69, 9.17) is 5.73 Å². The Morgan fingerprint density at radius 1 is 1.33 bits per heavy atom. The summed E-state index contributed by atoms with van der Waals surface area (Å²) in [5.41, 5.74) is 6.68. The second-order valence-corrected chi connectivity index (χ2v) is 5.55. The monoisotopic (exact) mass is 290 g/mol. The Bertz CT molecular complexity index is 513. The van der Waals surface area contributed by atoms with E-state index >= 15 is 0 Å². The molecule has 0 radical (unpaired) electrons. The molecule has 2 amide bonds. The average Bonchev–Trinajstić information content (AvgIpc) is 2.95. The molecule has 0 aliphatic carbocycles. The maximum absolute atomic E-state index is 12.1. The molecule has 6 heteroatoms. The number of likely N-dealkylation sites (tertiary alicyclic amines) is 1. The number of nitrogens with two attached hydrogens (primary N) is 1. The number of likely N-dealkylation sites (N-methyl/N-ethyl adjacent to an activating group) is 1. The lowest BCUT2D eigenvalue weighted by Crippen LogP contribution is -2.40. The van der Waals surface area contributed by atoms with Crippen molar-refractivity contribution in [3.05, 3.63) is 29.8 Å². The molecular formula is C15H22N4O2. The second kappa shape index (κ2) is 6.58. The molecule has 0 aromatic heterocycles. The van der Waals surface area contributed by atoms with Crippen molar-refractivity contribution in [3.8, 4) is 0 Å². The normalized spacial score (nSPS) is 18.0. The van der Waals surface area contributed by atoms with Gasteiger partial charge in [0.15, 0.2) is 0 Å². The van der Waals surface area contributed by atoms with Crippen LogP contribution in [-0.4, -0.2) is 61.4 Å². The van der Waals surface area contributed by atoms with E-state index in [2.05, 4.69) is 10.2 Å². The van der Waals surface area contributed by atoms with Crippen molar-refractivity contribution in [2.45, 2.75) is 12.5 Å². The Labute approximate surface area is 124 Å². The molecule has 1 aliphatic rings. The standard InChI is InChI=1S/C15H22N4O2/c1-18(2)13-7-8-19(10-13)14(20)9-17-15(21)11-3-5-12(16)6-4-11/h3-6,13H,7-10,16H2,1-2H3,(H,17,21). The summed E-state index contributed by atoms with van der Waals surface area (Å²) in [4.78, 5) is 27.9. The van der Waals surface area contributed by atoms with Gasteiger partial charge in [-0.1, -0.05) is 0 Å². The number of nitrogen functional groups attached to an aromatic ring is 1. The van der Waals surface area contributed by atoms with Crippen molar-refractivity contribution in [1.29, 1.82) is 0 Å². The van der Waals surface area contributed by atoms with Crippen LogP contribution < -0.4 is 11.1 Å². The van der Waals surface area contributed by atoms with Gasteiger partial charge in [-0.3, -0.25) is 9.59 Å². The summed E-state index contributed by atoms with van der Waals surface area (Å²) in [6.45, 7) is 1.51. The number of hydrogen-bond acceptors (Lipinski definition) is 4. The second-order valence-electron chi connectivity index (χ2n) is 5.55. The number of carbonyl (C=O) groups is 2. The fraction of sp³-hybridized carbons (Fsp3) is 0.467. The van der Waals surface area contributed by atoms with Gasteiger partial charge >= 0.3 is 0 Å². The quantitative estimate of drug-likeness (QED) is 0.774. The number of nitrogens with zero attached hydrogens (tertiary/aromatic N) is 2. The Morgan fingerprint density at radius 2 is 2.00 bits per heavy atom. The molecule has 3 N–H and O–H groups in total. The van der Waals surface area contributed by atoms with E-state index in [-0.39, 0.29) is 18.4 Å². The van der Waals surface area contributed by atoms with Crippen LogP contribution in [0.4, 0.5) is 5.69 Å². The summed E-state index contributed by atoms with van der Waals surface area (Å²) in [5.74, 6) is -0.296. The predicted molar refractivity (Wildman–Crippen MR) is 81.9 cm³/mol. The fourth-order valence-corrected chi connectivity index (χ4v) is 2.39. The highest BCUT2D eigenvalue weighted by Gasteiger charge is 2.27. The Balaban J connectivity index is 1.81. The van der Waals surface area contributed by atoms with Crippen LogP contribution in [0.15, 0.2) is 24.3 Å². The number of amides is 2. The third kappa shape index (κ3) is 3.95. The number of nitrogens with one attached hydrogen (secondary N) is 1. The summed E-state index contributed by atoms with van der Waals surface area (Å²) in [5, 5.41) is 2.65. The topological polar surface area (TPSA) is 78.7 Å². The van der Waals surface area contributed by atoms with Gasteiger partial charge in [0.25, 0.3) is 5.91 Å². The van der Waals surface area contributed by atoms with Crippen molar-refractivity contribution < 1.29 is 9.59 Å². The summed E-state index contributed by atoms with van der Waals surface area (Å²) >= 11 is 0. The predicted octanol–water partition coefficient (Wildman–Crippen LogP) is 0.161. The number of carbonyl (C=O) groups excluding carboxylic acids is 2. The Hall–Kier alpha value is -2.08. The summed E-state index contributed by atoms with van der Waals surface area (Å²) in [6.07, 6.45) is 0.977. The zero-order valence-corrected chi connectivity index (χ0v) is 12.5. The first-order valence-corrected chi connectivity index (χ1v) is 7.05. The van der Waals surface area contributed by atoms with E-state index in [1.165, 1.54) is 0 Å². The molecule has 1 fully saturated rings. The molecule has 114 valence electrons. The molecule has 1 aromatic rings. The lowest BCUT2D eigenvalue weighted by atomic mass is 10.2. The van der Waals surface area contributed by atoms with Crippen molar-refractivity contribution in [2.24, 2.45) is 0 Å². The number of hydrogen-bond donors (Lipinski definition) is 2. The Morgan fingerprint density at radius 3 is 2.57 bits per heavy atom. The van der Waals surface area contributed by atoms with Gasteiger partial charge in [0.05, 0.1) is 6.54 Å². The van der Waals surface area contributed by atoms with Gasteiger partial charge in [0.2, 0.25) is 5.91 Å². The SMILES string of the molecule is CN(C)C1CCN(C(=O)CNC(=O)c2ccc(N)cc2)C1. The molecule has 0 spiro atoms. The average molecular weight is 290 g/mol. The summed E-state index contributed by atoms with van der Waals surface area (Å²) < 4.78 is 0. The van der Waals surface area contributed by atoms with Crippen LogP contribution in [0, 0.1) is 0 Å². The van der Waals surface area contributed by atoms with E-state index in [1.54, 1.807) is 29.2 Å². The van der Waals surface area contributed by atoms with E-state index in [0.29, 0.717) is 17.3 Å². The van der Waals surface area contributed by atoms with E-state index in [9.17, 15) is 9.59 Å². The number of benzene rings is 1. The van der Waals surface area contributed by atoms with Crippen LogP contribution in [0.2, 0.25) is 0 Å². The molecule has 1 atom stereocenters. The summed E-state index contributed by atoms with van der Waals surface area (Å²) in [7, 11) is 4.03. The molecule has 1 aromatic carbocycles. The minimum absolute atomic E-state index is 0.0311. The third-order valence-electron chi connectivity index (χ3n) is 3.82. The molecule has 0 saturated carbocycles. The summed E-state index contributed by atoms with van der Waals surface area (Å²) in [6, 6.07) is 7.03. The van der Waals surface area contributed by atoms with Gasteiger partial charge in [-0.05, 0) is 44.8 Å². The smallest absolute Gasteiger partial charge is 0.251 e. The van der Waals surface area contributed by atoms with Crippen LogP contribution in [0.1, 0.15) is 16.8 Å².